The van der Waals surface area contributed by atoms with Crippen molar-refractivity contribution in [3.05, 3.63) is 82.9 Å². The minimum Gasteiger partial charge on any atom is -0.478 e. The Morgan fingerprint density at radius 1 is 1.05 bits per heavy atom. The van der Waals surface area contributed by atoms with Crippen molar-refractivity contribution in [1.29, 1.82) is 0 Å². The maximum atomic E-state index is 12.4. The summed E-state index contributed by atoms with van der Waals surface area (Å²) in [6.45, 7) is 1.92. The molecule has 0 aromatic heterocycles. The highest BCUT2D eigenvalue weighted by molar-refractivity contribution is 6.09. The molecule has 0 radical (unpaired) electrons. The number of carbonyl (C=O) groups excluding carboxylic acids is 1. The fourth-order valence-corrected chi connectivity index (χ4v) is 2.31. The molecule has 0 unspecified atom stereocenters. The van der Waals surface area contributed by atoms with Gasteiger partial charge in [-0.3, -0.25) is 4.79 Å². The smallest absolute Gasteiger partial charge is 0.335 e. The molecule has 0 amide bonds. The van der Waals surface area contributed by atoms with Crippen LogP contribution >= 0.6 is 0 Å². The second-order valence-electron chi connectivity index (χ2n) is 4.98. The van der Waals surface area contributed by atoms with Crippen LogP contribution in [0.25, 0.3) is 0 Å². The van der Waals surface area contributed by atoms with Gasteiger partial charge in [0.25, 0.3) is 0 Å². The quantitative estimate of drug-likeness (QED) is 0.644. The molecule has 0 saturated carbocycles. The number of hydrogen-bond acceptors (Lipinski definition) is 2. The van der Waals surface area contributed by atoms with Crippen molar-refractivity contribution in [3.63, 3.8) is 0 Å². The molecule has 0 spiro atoms. The highest BCUT2D eigenvalue weighted by Gasteiger charge is 2.14. The van der Waals surface area contributed by atoms with Crippen LogP contribution in [0.2, 0.25) is 0 Å². The second-order valence-corrected chi connectivity index (χ2v) is 4.98. The van der Waals surface area contributed by atoms with Crippen LogP contribution in [0, 0.1) is 0 Å². The molecule has 2 aromatic carbocycles. The molecule has 2 aromatic rings. The number of carboxylic acid groups (broad SMARTS) is 1. The van der Waals surface area contributed by atoms with Crippen LogP contribution in [0.15, 0.2) is 60.7 Å². The predicted molar refractivity (Wildman–Crippen MR) is 86.4 cm³/mol. The van der Waals surface area contributed by atoms with Crippen molar-refractivity contribution in [2.24, 2.45) is 0 Å². The van der Waals surface area contributed by atoms with Gasteiger partial charge in [0.1, 0.15) is 0 Å². The molecular weight excluding hydrogens is 276 g/mol. The summed E-state index contributed by atoms with van der Waals surface area (Å²) in [5, 5.41) is 9.27. The van der Waals surface area contributed by atoms with Crippen LogP contribution in [-0.4, -0.2) is 16.9 Å². The average molecular weight is 294 g/mol. The standard InChI is InChI=1S/C19H18O3/c1-2-3-5-10-15-13-16(11-12-17(15)19(21)22)18(20)14-8-6-4-7-9-14/h2-4,6-9,11-13H,5,10H2,1H3,(H,21,22). The SMILES string of the molecule is CC=CCCc1cc(C(=O)c2ccccc2)ccc1C(=O)O. The van der Waals surface area contributed by atoms with E-state index in [4.69, 9.17) is 0 Å². The maximum Gasteiger partial charge on any atom is 0.335 e. The van der Waals surface area contributed by atoms with E-state index in [0.29, 0.717) is 23.1 Å². The van der Waals surface area contributed by atoms with Crippen molar-refractivity contribution in [1.82, 2.24) is 0 Å². The van der Waals surface area contributed by atoms with Crippen LogP contribution in [0.5, 0.6) is 0 Å². The zero-order valence-corrected chi connectivity index (χ0v) is 12.5. The monoisotopic (exact) mass is 294 g/mol. The third-order valence-electron chi connectivity index (χ3n) is 3.45. The lowest BCUT2D eigenvalue weighted by molar-refractivity contribution is 0.0695. The largest absolute Gasteiger partial charge is 0.478 e. The summed E-state index contributed by atoms with van der Waals surface area (Å²) in [5.41, 5.74) is 2.07. The van der Waals surface area contributed by atoms with Gasteiger partial charge in [0, 0.05) is 11.1 Å². The van der Waals surface area contributed by atoms with Gasteiger partial charge >= 0.3 is 5.97 Å². The van der Waals surface area contributed by atoms with Crippen molar-refractivity contribution in [2.45, 2.75) is 19.8 Å². The summed E-state index contributed by atoms with van der Waals surface area (Å²) >= 11 is 0. The number of hydrogen-bond donors (Lipinski definition) is 1. The predicted octanol–water partition coefficient (Wildman–Crippen LogP) is 4.12. The van der Waals surface area contributed by atoms with Gasteiger partial charge in [-0.05, 0) is 37.5 Å². The summed E-state index contributed by atoms with van der Waals surface area (Å²) in [6.07, 6.45) is 5.26. The molecule has 0 heterocycles. The number of benzene rings is 2. The van der Waals surface area contributed by atoms with Crippen molar-refractivity contribution >= 4 is 11.8 Å². The third-order valence-corrected chi connectivity index (χ3v) is 3.45. The molecule has 0 aliphatic carbocycles. The lowest BCUT2D eigenvalue weighted by Crippen LogP contribution is -2.07. The van der Waals surface area contributed by atoms with E-state index in [0.717, 1.165) is 6.42 Å². The first-order valence-electron chi connectivity index (χ1n) is 7.20. The van der Waals surface area contributed by atoms with Gasteiger partial charge < -0.3 is 5.11 Å². The highest BCUT2D eigenvalue weighted by atomic mass is 16.4. The molecule has 1 N–H and O–H groups in total. The molecule has 0 aliphatic rings. The van der Waals surface area contributed by atoms with Crippen LogP contribution < -0.4 is 0 Å². The first-order valence-corrected chi connectivity index (χ1v) is 7.20. The van der Waals surface area contributed by atoms with Crippen LogP contribution in [0.4, 0.5) is 0 Å². The molecular formula is C19H18O3. The Balaban J connectivity index is 2.35. The van der Waals surface area contributed by atoms with Crippen molar-refractivity contribution < 1.29 is 14.7 Å². The number of aryl methyl sites for hydroxylation is 1. The number of aromatic carboxylic acids is 1. The van der Waals surface area contributed by atoms with Crippen LogP contribution in [-0.2, 0) is 6.42 Å². The topological polar surface area (TPSA) is 54.4 Å². The van der Waals surface area contributed by atoms with Crippen molar-refractivity contribution in [3.8, 4) is 0 Å². The van der Waals surface area contributed by atoms with E-state index < -0.39 is 5.97 Å². The molecule has 2 rings (SSSR count). The van der Waals surface area contributed by atoms with Crippen LogP contribution in [0.3, 0.4) is 0 Å². The van der Waals surface area contributed by atoms with Gasteiger partial charge in [0.15, 0.2) is 5.78 Å². The molecule has 0 fully saturated rings. The van der Waals surface area contributed by atoms with E-state index in [1.54, 1.807) is 24.3 Å². The molecule has 3 heteroatoms. The minimum absolute atomic E-state index is 0.0928. The first-order chi connectivity index (χ1) is 10.6. The Morgan fingerprint density at radius 3 is 2.41 bits per heavy atom. The number of carbonyl (C=O) groups is 2. The summed E-state index contributed by atoms with van der Waals surface area (Å²) < 4.78 is 0. The van der Waals surface area contributed by atoms with E-state index in [1.165, 1.54) is 6.07 Å². The van der Waals surface area contributed by atoms with Crippen LogP contribution in [0.1, 0.15) is 45.2 Å². The Bertz CT molecular complexity index is 700. The lowest BCUT2D eigenvalue weighted by Gasteiger charge is -2.08. The summed E-state index contributed by atoms with van der Waals surface area (Å²) in [4.78, 5) is 23.8. The Labute approximate surface area is 129 Å². The maximum absolute atomic E-state index is 12.4. The average Bonchev–Trinajstić information content (AvgIpc) is 2.55. The molecule has 3 nitrogen and oxygen atoms in total. The Morgan fingerprint density at radius 2 is 1.77 bits per heavy atom. The van der Waals surface area contributed by atoms with Gasteiger partial charge in [-0.1, -0.05) is 48.6 Å². The van der Waals surface area contributed by atoms with Gasteiger partial charge in [-0.2, -0.15) is 0 Å². The normalized spacial score (nSPS) is 10.8. The number of rotatable bonds is 6. The molecule has 0 bridgehead atoms. The van der Waals surface area contributed by atoms with Gasteiger partial charge in [-0.15, -0.1) is 0 Å². The molecule has 0 aliphatic heterocycles. The number of allylic oxidation sites excluding steroid dienone is 2. The number of carboxylic acids is 1. The van der Waals surface area contributed by atoms with E-state index in [9.17, 15) is 14.7 Å². The van der Waals surface area contributed by atoms with E-state index >= 15 is 0 Å². The van der Waals surface area contributed by atoms with Gasteiger partial charge in [0.05, 0.1) is 5.56 Å². The summed E-state index contributed by atoms with van der Waals surface area (Å²) in [7, 11) is 0. The van der Waals surface area contributed by atoms with E-state index in [-0.39, 0.29) is 11.3 Å². The second kappa shape index (κ2) is 7.36. The first kappa shape index (κ1) is 15.7. The lowest BCUT2D eigenvalue weighted by atomic mass is 9.96. The zero-order valence-electron chi connectivity index (χ0n) is 12.5. The number of ketones is 1. The molecule has 0 atom stereocenters. The van der Waals surface area contributed by atoms with E-state index in [2.05, 4.69) is 0 Å². The summed E-state index contributed by atoms with van der Waals surface area (Å²) in [5.74, 6) is -1.06. The fourth-order valence-electron chi connectivity index (χ4n) is 2.31. The molecule has 0 saturated heterocycles. The van der Waals surface area contributed by atoms with Gasteiger partial charge in [-0.25, -0.2) is 4.79 Å². The fraction of sp³-hybridized carbons (Fsp3) is 0.158. The van der Waals surface area contributed by atoms with Gasteiger partial charge in [0.2, 0.25) is 0 Å². The highest BCUT2D eigenvalue weighted by Crippen LogP contribution is 2.17. The zero-order chi connectivity index (χ0) is 15.9. The van der Waals surface area contributed by atoms with E-state index in [1.807, 2.05) is 37.3 Å². The summed E-state index contributed by atoms with van der Waals surface area (Å²) in [6, 6.07) is 13.8. The molecule has 112 valence electrons. The third kappa shape index (κ3) is 3.70. The minimum atomic E-state index is -0.964. The Hall–Kier alpha value is -2.68. The molecule has 22 heavy (non-hydrogen) atoms. The Kier molecular flexibility index (Phi) is 5.26. The van der Waals surface area contributed by atoms with Crippen molar-refractivity contribution in [2.75, 3.05) is 0 Å².